The summed E-state index contributed by atoms with van der Waals surface area (Å²) < 4.78 is 11.2. The molecule has 0 bridgehead atoms. The summed E-state index contributed by atoms with van der Waals surface area (Å²) in [5.74, 6) is 0.177. The number of rotatable bonds is 3. The van der Waals surface area contributed by atoms with Gasteiger partial charge in [-0.3, -0.25) is 9.59 Å². The summed E-state index contributed by atoms with van der Waals surface area (Å²) >= 11 is 3.18. The first-order chi connectivity index (χ1) is 10.6. The van der Waals surface area contributed by atoms with Crippen molar-refractivity contribution < 1.29 is 18.7 Å². The van der Waals surface area contributed by atoms with Crippen molar-refractivity contribution >= 4 is 27.7 Å². The van der Waals surface area contributed by atoms with Crippen LogP contribution < -0.4 is 5.32 Å². The number of hydrogen-bond donors (Lipinski definition) is 1. The highest BCUT2D eigenvalue weighted by Gasteiger charge is 2.31. The highest BCUT2D eigenvalue weighted by molar-refractivity contribution is 9.10. The number of halogens is 1. The Morgan fingerprint density at radius 1 is 1.23 bits per heavy atom. The van der Waals surface area contributed by atoms with E-state index in [1.807, 2.05) is 4.90 Å². The molecule has 6 nitrogen and oxygen atoms in total. The quantitative estimate of drug-likeness (QED) is 0.882. The minimum Gasteiger partial charge on any atom is -0.444 e. The molecule has 2 aliphatic rings. The number of carbonyl (C=O) groups excluding carboxylic acids is 2. The van der Waals surface area contributed by atoms with Gasteiger partial charge in [-0.2, -0.15) is 0 Å². The first-order valence-corrected chi connectivity index (χ1v) is 8.39. The van der Waals surface area contributed by atoms with Gasteiger partial charge in [0.1, 0.15) is 6.10 Å². The Kier molecular flexibility index (Phi) is 4.83. The van der Waals surface area contributed by atoms with Crippen molar-refractivity contribution in [1.29, 1.82) is 0 Å². The number of likely N-dealkylation sites (tertiary alicyclic amines) is 1. The summed E-state index contributed by atoms with van der Waals surface area (Å²) in [4.78, 5) is 26.1. The Hall–Kier alpha value is -1.34. The summed E-state index contributed by atoms with van der Waals surface area (Å²) in [5.41, 5.74) is 0. The summed E-state index contributed by atoms with van der Waals surface area (Å²) in [7, 11) is 0. The Balaban J connectivity index is 1.47. The van der Waals surface area contributed by atoms with Crippen LogP contribution in [0.3, 0.4) is 0 Å². The molecule has 2 fully saturated rings. The van der Waals surface area contributed by atoms with E-state index in [0.717, 1.165) is 25.7 Å². The molecule has 2 aliphatic heterocycles. The maximum atomic E-state index is 12.2. The lowest BCUT2D eigenvalue weighted by Crippen LogP contribution is -2.49. The number of carbonyl (C=O) groups is 2. The Labute approximate surface area is 137 Å². The fourth-order valence-corrected chi connectivity index (χ4v) is 3.22. The molecule has 0 aromatic carbocycles. The van der Waals surface area contributed by atoms with E-state index in [0.29, 0.717) is 30.1 Å². The molecular formula is C15H19BrN2O4. The maximum Gasteiger partial charge on any atom is 0.287 e. The normalized spacial score (nSPS) is 22.8. The van der Waals surface area contributed by atoms with Crippen molar-refractivity contribution in [1.82, 2.24) is 10.2 Å². The van der Waals surface area contributed by atoms with Crippen LogP contribution >= 0.6 is 15.9 Å². The topological polar surface area (TPSA) is 71.8 Å². The molecule has 22 heavy (non-hydrogen) atoms. The van der Waals surface area contributed by atoms with Crippen molar-refractivity contribution in [3.8, 4) is 0 Å². The molecule has 0 saturated carbocycles. The van der Waals surface area contributed by atoms with E-state index in [9.17, 15) is 9.59 Å². The average Bonchev–Trinajstić information content (AvgIpc) is 3.18. The van der Waals surface area contributed by atoms with Crippen LogP contribution in [-0.2, 0) is 9.53 Å². The predicted molar refractivity (Wildman–Crippen MR) is 82.5 cm³/mol. The lowest BCUT2D eigenvalue weighted by molar-refractivity contribution is -0.142. The SMILES string of the molecule is O=C(NC1CCN(C(=O)C2CCCO2)CC1)c1ccc(Br)o1. The minimum atomic E-state index is -0.258. The monoisotopic (exact) mass is 370 g/mol. The highest BCUT2D eigenvalue weighted by atomic mass is 79.9. The van der Waals surface area contributed by atoms with E-state index < -0.39 is 0 Å². The lowest BCUT2D eigenvalue weighted by atomic mass is 10.0. The molecule has 7 heteroatoms. The number of furan rings is 1. The highest BCUT2D eigenvalue weighted by Crippen LogP contribution is 2.19. The third-order valence-electron chi connectivity index (χ3n) is 4.14. The van der Waals surface area contributed by atoms with Crippen LogP contribution in [0.25, 0.3) is 0 Å². The van der Waals surface area contributed by atoms with Crippen LogP contribution in [-0.4, -0.2) is 48.6 Å². The van der Waals surface area contributed by atoms with Crippen molar-refractivity contribution in [3.05, 3.63) is 22.6 Å². The summed E-state index contributed by atoms with van der Waals surface area (Å²) in [5, 5.41) is 2.95. The largest absolute Gasteiger partial charge is 0.444 e. The van der Waals surface area contributed by atoms with Gasteiger partial charge < -0.3 is 19.4 Å². The van der Waals surface area contributed by atoms with Crippen LogP contribution in [0, 0.1) is 0 Å². The van der Waals surface area contributed by atoms with Gasteiger partial charge in [0.05, 0.1) is 0 Å². The minimum absolute atomic E-state index is 0.0740. The molecule has 1 atom stereocenters. The molecule has 0 spiro atoms. The molecule has 3 heterocycles. The van der Waals surface area contributed by atoms with E-state index in [-0.39, 0.29) is 24.0 Å². The molecule has 1 N–H and O–H groups in total. The average molecular weight is 371 g/mol. The van der Waals surface area contributed by atoms with Gasteiger partial charge in [0.15, 0.2) is 10.4 Å². The number of amides is 2. The first-order valence-electron chi connectivity index (χ1n) is 7.60. The fraction of sp³-hybridized carbons (Fsp3) is 0.600. The number of ether oxygens (including phenoxy) is 1. The van der Waals surface area contributed by atoms with Crippen molar-refractivity contribution in [2.24, 2.45) is 0 Å². The van der Waals surface area contributed by atoms with E-state index in [4.69, 9.17) is 9.15 Å². The molecule has 1 aromatic rings. The first kappa shape index (κ1) is 15.6. The fourth-order valence-electron chi connectivity index (χ4n) is 2.91. The van der Waals surface area contributed by atoms with Crippen LogP contribution in [0.1, 0.15) is 36.2 Å². The zero-order valence-corrected chi connectivity index (χ0v) is 13.8. The number of piperidine rings is 1. The van der Waals surface area contributed by atoms with Crippen LogP contribution in [0.5, 0.6) is 0 Å². The van der Waals surface area contributed by atoms with Gasteiger partial charge in [-0.1, -0.05) is 0 Å². The van der Waals surface area contributed by atoms with E-state index in [2.05, 4.69) is 21.2 Å². The van der Waals surface area contributed by atoms with Gasteiger partial charge in [0, 0.05) is 25.7 Å². The smallest absolute Gasteiger partial charge is 0.287 e. The number of nitrogens with one attached hydrogen (secondary N) is 1. The Morgan fingerprint density at radius 3 is 2.59 bits per heavy atom. The molecule has 1 unspecified atom stereocenters. The molecule has 0 radical (unpaired) electrons. The number of nitrogens with zero attached hydrogens (tertiary/aromatic N) is 1. The van der Waals surface area contributed by atoms with Crippen LogP contribution in [0.2, 0.25) is 0 Å². The molecular weight excluding hydrogens is 352 g/mol. The molecule has 2 amide bonds. The number of hydrogen-bond acceptors (Lipinski definition) is 4. The summed E-state index contributed by atoms with van der Waals surface area (Å²) in [6.07, 6.45) is 3.04. The second kappa shape index (κ2) is 6.83. The zero-order valence-electron chi connectivity index (χ0n) is 12.2. The van der Waals surface area contributed by atoms with Crippen molar-refractivity contribution in [2.75, 3.05) is 19.7 Å². The molecule has 120 valence electrons. The molecule has 3 rings (SSSR count). The van der Waals surface area contributed by atoms with Crippen molar-refractivity contribution in [3.63, 3.8) is 0 Å². The zero-order chi connectivity index (χ0) is 15.5. The Morgan fingerprint density at radius 2 is 2.00 bits per heavy atom. The van der Waals surface area contributed by atoms with Crippen LogP contribution in [0.15, 0.2) is 21.2 Å². The summed E-state index contributed by atoms with van der Waals surface area (Å²) in [6, 6.07) is 3.40. The van der Waals surface area contributed by atoms with Gasteiger partial charge in [-0.25, -0.2) is 0 Å². The molecule has 1 aromatic heterocycles. The lowest BCUT2D eigenvalue weighted by Gasteiger charge is -2.33. The molecule has 2 saturated heterocycles. The second-order valence-electron chi connectivity index (χ2n) is 5.68. The van der Waals surface area contributed by atoms with E-state index in [1.54, 1.807) is 12.1 Å². The second-order valence-corrected chi connectivity index (χ2v) is 6.46. The van der Waals surface area contributed by atoms with Gasteiger partial charge >= 0.3 is 0 Å². The van der Waals surface area contributed by atoms with Gasteiger partial charge in [-0.15, -0.1) is 0 Å². The standard InChI is InChI=1S/C15H19BrN2O4/c16-13-4-3-11(22-13)14(19)17-10-5-7-18(8-6-10)15(20)12-2-1-9-21-12/h3-4,10,12H,1-2,5-9H2,(H,17,19). The molecule has 0 aliphatic carbocycles. The van der Waals surface area contributed by atoms with Gasteiger partial charge in [0.25, 0.3) is 11.8 Å². The van der Waals surface area contributed by atoms with Gasteiger partial charge in [-0.05, 0) is 53.7 Å². The van der Waals surface area contributed by atoms with E-state index >= 15 is 0 Å². The maximum absolute atomic E-state index is 12.2. The Bertz CT molecular complexity index is 545. The predicted octanol–water partition coefficient (Wildman–Crippen LogP) is 1.94. The van der Waals surface area contributed by atoms with Crippen molar-refractivity contribution in [2.45, 2.75) is 37.8 Å². The third-order valence-corrected chi connectivity index (χ3v) is 4.57. The van der Waals surface area contributed by atoms with Gasteiger partial charge in [0.2, 0.25) is 0 Å². The van der Waals surface area contributed by atoms with Crippen LogP contribution in [0.4, 0.5) is 0 Å². The van der Waals surface area contributed by atoms with E-state index in [1.165, 1.54) is 0 Å². The summed E-state index contributed by atoms with van der Waals surface area (Å²) in [6.45, 7) is 2.00. The third kappa shape index (κ3) is 3.52.